The predicted octanol–water partition coefficient (Wildman–Crippen LogP) is 2.57. The molecule has 1 amide bonds. The van der Waals surface area contributed by atoms with E-state index in [1.165, 1.54) is 0 Å². The number of amides is 1. The summed E-state index contributed by atoms with van der Waals surface area (Å²) in [5.41, 5.74) is 1.29. The molecule has 1 aliphatic rings. The number of rotatable bonds is 7. The maximum absolute atomic E-state index is 12.4. The van der Waals surface area contributed by atoms with Gasteiger partial charge in [0.25, 0.3) is 5.91 Å². The van der Waals surface area contributed by atoms with Crippen LogP contribution in [0.5, 0.6) is 5.75 Å². The third kappa shape index (κ3) is 4.35. The van der Waals surface area contributed by atoms with Crippen molar-refractivity contribution in [1.29, 1.82) is 0 Å². The van der Waals surface area contributed by atoms with Gasteiger partial charge in [0.05, 0.1) is 0 Å². The maximum atomic E-state index is 12.4. The quantitative estimate of drug-likeness (QED) is 0.786. The van der Waals surface area contributed by atoms with Gasteiger partial charge in [-0.2, -0.15) is 0 Å². The Labute approximate surface area is 147 Å². The molecule has 0 bridgehead atoms. The smallest absolute Gasteiger partial charge is 0.270 e. The maximum Gasteiger partial charge on any atom is 0.270 e. The first-order valence-electron chi connectivity index (χ1n) is 8.45. The second-order valence-corrected chi connectivity index (χ2v) is 5.83. The Morgan fingerprint density at radius 2 is 2.08 bits per heavy atom. The van der Waals surface area contributed by atoms with Crippen molar-refractivity contribution in [2.75, 3.05) is 24.6 Å². The van der Waals surface area contributed by atoms with Gasteiger partial charge in [0, 0.05) is 31.4 Å². The van der Waals surface area contributed by atoms with E-state index in [4.69, 9.17) is 4.74 Å². The van der Waals surface area contributed by atoms with Gasteiger partial charge in [0.2, 0.25) is 5.95 Å². The van der Waals surface area contributed by atoms with E-state index in [0.29, 0.717) is 24.8 Å². The highest BCUT2D eigenvalue weighted by Gasteiger charge is 2.17. The molecule has 1 saturated heterocycles. The number of hydrogen-bond acceptors (Lipinski definition) is 5. The highest BCUT2D eigenvalue weighted by Crippen LogP contribution is 2.18. The minimum absolute atomic E-state index is 0.221. The molecule has 130 valence electrons. The van der Waals surface area contributed by atoms with Crippen LogP contribution in [0.2, 0.25) is 0 Å². The molecule has 1 fully saturated rings. The first-order valence-corrected chi connectivity index (χ1v) is 8.45. The van der Waals surface area contributed by atoms with E-state index in [-0.39, 0.29) is 5.91 Å². The molecule has 0 spiro atoms. The molecule has 0 unspecified atom stereocenters. The Morgan fingerprint density at radius 3 is 2.88 bits per heavy atom. The van der Waals surface area contributed by atoms with Crippen molar-refractivity contribution in [2.45, 2.75) is 19.4 Å². The zero-order valence-electron chi connectivity index (χ0n) is 14.1. The molecule has 0 atom stereocenters. The lowest BCUT2D eigenvalue weighted by molar-refractivity contribution is 0.0945. The number of aromatic nitrogens is 2. The molecule has 2 aromatic rings. The summed E-state index contributed by atoms with van der Waals surface area (Å²) in [7, 11) is 0. The zero-order chi connectivity index (χ0) is 17.5. The largest absolute Gasteiger partial charge is 0.489 e. The van der Waals surface area contributed by atoms with Crippen LogP contribution >= 0.6 is 0 Å². The summed E-state index contributed by atoms with van der Waals surface area (Å²) in [6, 6.07) is 9.25. The average molecular weight is 338 g/mol. The van der Waals surface area contributed by atoms with Crippen molar-refractivity contribution >= 4 is 11.9 Å². The fraction of sp³-hybridized carbons (Fsp3) is 0.316. The molecule has 6 nitrogen and oxygen atoms in total. The summed E-state index contributed by atoms with van der Waals surface area (Å²) in [6.45, 7) is 6.33. The Bertz CT molecular complexity index is 742. The third-order valence-corrected chi connectivity index (χ3v) is 4.03. The number of carbonyl (C=O) groups excluding carboxylic acids is 1. The van der Waals surface area contributed by atoms with Crippen molar-refractivity contribution < 1.29 is 9.53 Å². The van der Waals surface area contributed by atoms with E-state index >= 15 is 0 Å². The first kappa shape index (κ1) is 17.0. The number of hydrogen-bond donors (Lipinski definition) is 1. The van der Waals surface area contributed by atoms with Crippen LogP contribution in [0.1, 0.15) is 28.9 Å². The van der Waals surface area contributed by atoms with E-state index in [1.54, 1.807) is 18.3 Å². The van der Waals surface area contributed by atoms with Crippen molar-refractivity contribution in [3.8, 4) is 5.75 Å². The number of nitrogens with zero attached hydrogens (tertiary/aromatic N) is 3. The van der Waals surface area contributed by atoms with Gasteiger partial charge in [0.15, 0.2) is 0 Å². The van der Waals surface area contributed by atoms with Gasteiger partial charge in [-0.25, -0.2) is 9.97 Å². The van der Waals surface area contributed by atoms with Crippen molar-refractivity contribution in [2.24, 2.45) is 0 Å². The van der Waals surface area contributed by atoms with Gasteiger partial charge in [-0.3, -0.25) is 4.79 Å². The fourth-order valence-electron chi connectivity index (χ4n) is 2.75. The summed E-state index contributed by atoms with van der Waals surface area (Å²) in [6.07, 6.45) is 5.61. The highest BCUT2D eigenvalue weighted by molar-refractivity contribution is 5.92. The summed E-state index contributed by atoms with van der Waals surface area (Å²) in [4.78, 5) is 23.2. The van der Waals surface area contributed by atoms with E-state index in [0.717, 1.165) is 37.2 Å². The summed E-state index contributed by atoms with van der Waals surface area (Å²) in [5.74, 6) is 1.14. The van der Waals surface area contributed by atoms with Gasteiger partial charge in [-0.05, 0) is 25.0 Å². The molecule has 1 aliphatic heterocycles. The minimum atomic E-state index is -0.221. The van der Waals surface area contributed by atoms with Crippen molar-refractivity contribution in [1.82, 2.24) is 15.3 Å². The van der Waals surface area contributed by atoms with Crippen LogP contribution in [-0.2, 0) is 6.54 Å². The molecule has 0 saturated carbocycles. The lowest BCUT2D eigenvalue weighted by Gasteiger charge is -2.15. The molecule has 0 radical (unpaired) electrons. The van der Waals surface area contributed by atoms with Crippen LogP contribution in [0.25, 0.3) is 0 Å². The van der Waals surface area contributed by atoms with Crippen LogP contribution in [0.3, 0.4) is 0 Å². The number of benzene rings is 1. The molecule has 0 aliphatic carbocycles. The normalized spacial score (nSPS) is 13.5. The standard InChI is InChI=1S/C19H22N4O2/c1-2-13-25-17-8-4-3-7-15(17)14-21-18(24)16-9-10-20-19(22-16)23-11-5-6-12-23/h2-4,7-10H,1,5-6,11-14H2,(H,21,24). The fourth-order valence-corrected chi connectivity index (χ4v) is 2.75. The Hall–Kier alpha value is -2.89. The minimum Gasteiger partial charge on any atom is -0.489 e. The average Bonchev–Trinajstić information content (AvgIpc) is 3.20. The zero-order valence-corrected chi connectivity index (χ0v) is 14.1. The van der Waals surface area contributed by atoms with Crippen LogP contribution in [0.4, 0.5) is 5.95 Å². The Morgan fingerprint density at radius 1 is 1.28 bits per heavy atom. The molecule has 1 N–H and O–H groups in total. The number of carbonyl (C=O) groups is 1. The van der Waals surface area contributed by atoms with E-state index in [1.807, 2.05) is 24.3 Å². The first-order chi connectivity index (χ1) is 12.3. The SMILES string of the molecule is C=CCOc1ccccc1CNC(=O)c1ccnc(N2CCCC2)n1. The van der Waals surface area contributed by atoms with Gasteiger partial charge >= 0.3 is 0 Å². The van der Waals surface area contributed by atoms with Crippen LogP contribution in [0, 0.1) is 0 Å². The molecular weight excluding hydrogens is 316 g/mol. The highest BCUT2D eigenvalue weighted by atomic mass is 16.5. The Kier molecular flexibility index (Phi) is 5.61. The molecule has 1 aromatic heterocycles. The van der Waals surface area contributed by atoms with E-state index in [2.05, 4.69) is 26.8 Å². The molecule has 2 heterocycles. The summed E-state index contributed by atoms with van der Waals surface area (Å²) < 4.78 is 5.61. The van der Waals surface area contributed by atoms with Gasteiger partial charge in [0.1, 0.15) is 18.1 Å². The predicted molar refractivity (Wildman–Crippen MR) is 96.8 cm³/mol. The number of nitrogens with one attached hydrogen (secondary N) is 1. The second-order valence-electron chi connectivity index (χ2n) is 5.83. The van der Waals surface area contributed by atoms with Gasteiger partial charge in [-0.15, -0.1) is 0 Å². The van der Waals surface area contributed by atoms with Crippen LogP contribution < -0.4 is 15.0 Å². The molecule has 3 rings (SSSR count). The number of ether oxygens (including phenoxy) is 1. The molecule has 1 aromatic carbocycles. The summed E-state index contributed by atoms with van der Waals surface area (Å²) >= 11 is 0. The van der Waals surface area contributed by atoms with Gasteiger partial charge < -0.3 is 15.0 Å². The van der Waals surface area contributed by atoms with Crippen LogP contribution in [-0.4, -0.2) is 35.6 Å². The summed E-state index contributed by atoms with van der Waals surface area (Å²) in [5, 5.41) is 2.90. The van der Waals surface area contributed by atoms with Crippen molar-refractivity contribution in [3.05, 3.63) is 60.4 Å². The second kappa shape index (κ2) is 8.28. The van der Waals surface area contributed by atoms with Crippen molar-refractivity contribution in [3.63, 3.8) is 0 Å². The number of para-hydroxylation sites is 1. The van der Waals surface area contributed by atoms with E-state index in [9.17, 15) is 4.79 Å². The third-order valence-electron chi connectivity index (χ3n) is 4.03. The molecule has 6 heteroatoms. The number of anilines is 1. The Balaban J connectivity index is 1.65. The monoisotopic (exact) mass is 338 g/mol. The lowest BCUT2D eigenvalue weighted by Crippen LogP contribution is -2.26. The van der Waals surface area contributed by atoms with Gasteiger partial charge in [-0.1, -0.05) is 30.9 Å². The lowest BCUT2D eigenvalue weighted by atomic mass is 10.2. The van der Waals surface area contributed by atoms with E-state index < -0.39 is 0 Å². The topological polar surface area (TPSA) is 67.3 Å². The molecule has 25 heavy (non-hydrogen) atoms. The van der Waals surface area contributed by atoms with Crippen LogP contribution in [0.15, 0.2) is 49.2 Å². The molecular formula is C19H22N4O2.